The number of rotatable bonds is 2. The third kappa shape index (κ3) is 2.22. The van der Waals surface area contributed by atoms with Gasteiger partial charge in [0.05, 0.1) is 0 Å². The van der Waals surface area contributed by atoms with Crippen LogP contribution in [-0.4, -0.2) is 21.0 Å². The third-order valence-electron chi connectivity index (χ3n) is 3.86. The van der Waals surface area contributed by atoms with Crippen LogP contribution in [0.5, 0.6) is 0 Å². The summed E-state index contributed by atoms with van der Waals surface area (Å²) in [6.45, 7) is 0. The Kier molecular flexibility index (Phi) is 3.28. The zero-order chi connectivity index (χ0) is 16.7. The number of fused-ring (bicyclic) bond motifs is 2. The Labute approximate surface area is 141 Å². The van der Waals surface area contributed by atoms with E-state index in [1.807, 2.05) is 30.3 Å². The van der Waals surface area contributed by atoms with E-state index in [1.165, 1.54) is 0 Å². The monoisotopic (exact) mass is 335 g/mol. The minimum atomic E-state index is 0.0932. The van der Waals surface area contributed by atoms with Gasteiger partial charge in [-0.1, -0.05) is 23.4 Å². The lowest BCUT2D eigenvalue weighted by Crippen LogP contribution is -2.12. The Bertz CT molecular complexity index is 1100. The Balaban J connectivity index is 1.93. The van der Waals surface area contributed by atoms with E-state index in [-0.39, 0.29) is 5.84 Å². The van der Waals surface area contributed by atoms with Crippen molar-refractivity contribution in [2.24, 2.45) is 10.9 Å². The number of amidine groups is 1. The molecule has 7 heteroatoms. The van der Waals surface area contributed by atoms with Crippen molar-refractivity contribution in [3.05, 3.63) is 54.4 Å². The number of benzene rings is 1. The molecule has 3 aromatic heterocycles. The number of thiophene rings is 1. The second-order valence-electron chi connectivity index (χ2n) is 5.31. The lowest BCUT2D eigenvalue weighted by Gasteiger charge is -2.05. The number of nitrogens with zero attached hydrogens (tertiary/aromatic N) is 3. The lowest BCUT2D eigenvalue weighted by molar-refractivity contribution is 0.318. The van der Waals surface area contributed by atoms with Gasteiger partial charge in [0.1, 0.15) is 11.3 Å². The highest BCUT2D eigenvalue weighted by molar-refractivity contribution is 7.22. The van der Waals surface area contributed by atoms with E-state index in [2.05, 4.69) is 21.2 Å². The summed E-state index contributed by atoms with van der Waals surface area (Å²) in [6.07, 6.45) is 3.48. The molecule has 1 aromatic carbocycles. The van der Waals surface area contributed by atoms with Gasteiger partial charge in [-0.25, -0.2) is 4.98 Å². The summed E-state index contributed by atoms with van der Waals surface area (Å²) in [5.41, 5.74) is 14.0. The molecular formula is C17H13N5OS. The Morgan fingerprint density at radius 1 is 1.17 bits per heavy atom. The summed E-state index contributed by atoms with van der Waals surface area (Å²) in [5.74, 6) is 0.514. The second-order valence-corrected chi connectivity index (χ2v) is 6.39. The number of pyridine rings is 2. The van der Waals surface area contributed by atoms with Gasteiger partial charge in [-0.3, -0.25) is 4.98 Å². The van der Waals surface area contributed by atoms with Crippen molar-refractivity contribution >= 4 is 44.0 Å². The molecule has 4 rings (SSSR count). The van der Waals surface area contributed by atoms with Crippen LogP contribution in [0.1, 0.15) is 5.56 Å². The summed E-state index contributed by atoms with van der Waals surface area (Å²) in [4.78, 5) is 9.65. The molecule has 0 aliphatic rings. The molecule has 0 saturated heterocycles. The molecule has 3 heterocycles. The summed E-state index contributed by atoms with van der Waals surface area (Å²) >= 11 is 1.61. The molecule has 0 aliphatic heterocycles. The summed E-state index contributed by atoms with van der Waals surface area (Å²) in [6, 6.07) is 11.7. The topological polar surface area (TPSA) is 110 Å². The predicted octanol–water partition coefficient (Wildman–Crippen LogP) is 3.19. The average Bonchev–Trinajstić information content (AvgIpc) is 3.04. The summed E-state index contributed by atoms with van der Waals surface area (Å²) in [5, 5.41) is 13.9. The molecule has 0 aliphatic carbocycles. The minimum absolute atomic E-state index is 0.0932. The largest absolute Gasteiger partial charge is 0.409 e. The number of hydrogen-bond acceptors (Lipinski definition) is 6. The summed E-state index contributed by atoms with van der Waals surface area (Å²) < 4.78 is 1.04. The van der Waals surface area contributed by atoms with Crippen LogP contribution in [0.4, 0.5) is 5.82 Å². The number of aromatic nitrogens is 2. The van der Waals surface area contributed by atoms with Crippen LogP contribution in [0, 0.1) is 0 Å². The fourth-order valence-electron chi connectivity index (χ4n) is 2.67. The highest BCUT2D eigenvalue weighted by atomic mass is 32.1. The fourth-order valence-corrected chi connectivity index (χ4v) is 3.79. The first-order valence-corrected chi connectivity index (χ1v) is 8.00. The Hall–Kier alpha value is -3.19. The Morgan fingerprint density at radius 2 is 2.04 bits per heavy atom. The molecule has 5 N–H and O–H groups in total. The first-order valence-electron chi connectivity index (χ1n) is 7.18. The van der Waals surface area contributed by atoms with Crippen molar-refractivity contribution < 1.29 is 5.21 Å². The number of hydrogen-bond donors (Lipinski definition) is 3. The van der Waals surface area contributed by atoms with Crippen LogP contribution in [0.25, 0.3) is 31.4 Å². The van der Waals surface area contributed by atoms with Gasteiger partial charge >= 0.3 is 0 Å². The number of nitrogens with two attached hydrogens (primary N) is 2. The first-order chi connectivity index (χ1) is 11.7. The number of nitrogen functional groups attached to an aromatic ring is 1. The molecule has 0 radical (unpaired) electrons. The molecular weight excluding hydrogens is 322 g/mol. The molecule has 0 fully saturated rings. The molecule has 0 spiro atoms. The van der Waals surface area contributed by atoms with E-state index < -0.39 is 0 Å². The van der Waals surface area contributed by atoms with Crippen LogP contribution < -0.4 is 11.5 Å². The highest BCUT2D eigenvalue weighted by Crippen LogP contribution is 2.37. The summed E-state index contributed by atoms with van der Waals surface area (Å²) in [7, 11) is 0. The molecule has 24 heavy (non-hydrogen) atoms. The van der Waals surface area contributed by atoms with Gasteiger partial charge in [0.25, 0.3) is 0 Å². The molecule has 0 atom stereocenters. The zero-order valence-electron chi connectivity index (χ0n) is 12.5. The van der Waals surface area contributed by atoms with E-state index in [0.717, 1.165) is 25.9 Å². The van der Waals surface area contributed by atoms with Crippen molar-refractivity contribution in [2.45, 2.75) is 0 Å². The molecule has 0 amide bonds. The van der Waals surface area contributed by atoms with Crippen molar-refractivity contribution in [3.8, 4) is 10.4 Å². The predicted molar refractivity (Wildman–Crippen MR) is 97.3 cm³/mol. The number of oxime groups is 1. The van der Waals surface area contributed by atoms with Crippen molar-refractivity contribution in [1.82, 2.24) is 9.97 Å². The first kappa shape index (κ1) is 14.4. The quantitative estimate of drug-likeness (QED) is 0.225. The van der Waals surface area contributed by atoms with Crippen molar-refractivity contribution in [1.29, 1.82) is 0 Å². The van der Waals surface area contributed by atoms with Crippen LogP contribution in [0.3, 0.4) is 0 Å². The molecule has 0 bridgehead atoms. The fraction of sp³-hybridized carbons (Fsp3) is 0. The smallest absolute Gasteiger partial charge is 0.170 e. The van der Waals surface area contributed by atoms with E-state index >= 15 is 0 Å². The normalized spacial score (nSPS) is 12.1. The Morgan fingerprint density at radius 3 is 2.88 bits per heavy atom. The van der Waals surface area contributed by atoms with Crippen LogP contribution in [-0.2, 0) is 0 Å². The maximum absolute atomic E-state index is 8.83. The molecule has 0 unspecified atom stereocenters. The molecule has 4 aromatic rings. The van der Waals surface area contributed by atoms with Crippen LogP contribution in [0.2, 0.25) is 0 Å². The zero-order valence-corrected chi connectivity index (χ0v) is 13.3. The van der Waals surface area contributed by atoms with Gasteiger partial charge in [0.2, 0.25) is 0 Å². The van der Waals surface area contributed by atoms with Gasteiger partial charge < -0.3 is 16.7 Å². The highest BCUT2D eigenvalue weighted by Gasteiger charge is 2.12. The lowest BCUT2D eigenvalue weighted by atomic mass is 10.1. The van der Waals surface area contributed by atoms with Gasteiger partial charge in [-0.05, 0) is 23.6 Å². The maximum Gasteiger partial charge on any atom is 0.170 e. The van der Waals surface area contributed by atoms with E-state index in [1.54, 1.807) is 23.7 Å². The van der Waals surface area contributed by atoms with Crippen molar-refractivity contribution in [2.75, 3.05) is 5.73 Å². The maximum atomic E-state index is 8.83. The van der Waals surface area contributed by atoms with Gasteiger partial charge in [-0.15, -0.1) is 11.3 Å². The minimum Gasteiger partial charge on any atom is -0.409 e. The molecule has 0 saturated carbocycles. The average molecular weight is 335 g/mol. The van der Waals surface area contributed by atoms with Gasteiger partial charge in [0, 0.05) is 38.5 Å². The standard InChI is InChI=1S/C17H13N5OS/c18-16(22-23)10-4-3-9-6-14(24-13(9)7-10)12-8-21-17(19)15-11(12)2-1-5-20-15/h1-8,23H,(H2,18,22)(H2,19,21). The number of anilines is 1. The molecule has 118 valence electrons. The molecule has 6 nitrogen and oxygen atoms in total. The van der Waals surface area contributed by atoms with E-state index in [0.29, 0.717) is 16.9 Å². The van der Waals surface area contributed by atoms with Gasteiger partial charge in [0.15, 0.2) is 5.84 Å². The van der Waals surface area contributed by atoms with E-state index in [4.69, 9.17) is 16.7 Å². The van der Waals surface area contributed by atoms with Crippen LogP contribution in [0.15, 0.2) is 53.9 Å². The third-order valence-corrected chi connectivity index (χ3v) is 4.99. The van der Waals surface area contributed by atoms with Gasteiger partial charge in [-0.2, -0.15) is 0 Å². The second kappa shape index (κ2) is 5.47. The van der Waals surface area contributed by atoms with Crippen LogP contribution >= 0.6 is 11.3 Å². The SMILES string of the molecule is N/C(=N\O)c1ccc2cc(-c3cnc(N)c4ncccc34)sc2c1. The van der Waals surface area contributed by atoms with E-state index in [9.17, 15) is 0 Å². The van der Waals surface area contributed by atoms with Crippen molar-refractivity contribution in [3.63, 3.8) is 0 Å².